The van der Waals surface area contributed by atoms with Gasteiger partial charge < -0.3 is 14.4 Å². The molecule has 1 atom stereocenters. The van der Waals surface area contributed by atoms with Gasteiger partial charge in [-0.1, -0.05) is 42.1 Å². The van der Waals surface area contributed by atoms with E-state index in [4.69, 9.17) is 9.88 Å². The Bertz CT molecular complexity index is 1340. The molecule has 3 N–H and O–H groups in total. The fourth-order valence-corrected chi connectivity index (χ4v) is 4.87. The summed E-state index contributed by atoms with van der Waals surface area (Å²) in [6.45, 7) is 2.81. The summed E-state index contributed by atoms with van der Waals surface area (Å²) in [5, 5.41) is 18.5. The quantitative estimate of drug-likeness (QED) is 0.393. The zero-order chi connectivity index (χ0) is 22.0. The molecule has 9 heteroatoms. The molecule has 0 fully saturated rings. The van der Waals surface area contributed by atoms with E-state index in [1.165, 1.54) is 23.9 Å². The van der Waals surface area contributed by atoms with E-state index < -0.39 is 16.1 Å². The number of nitrogens with zero attached hydrogens (tertiary/aromatic N) is 2. The van der Waals surface area contributed by atoms with Crippen molar-refractivity contribution in [2.75, 3.05) is 12.4 Å². The molecule has 0 saturated heterocycles. The average Bonchev–Trinajstić information content (AvgIpc) is 3.12. The highest BCUT2D eigenvalue weighted by molar-refractivity contribution is 7.99. The molecule has 4 aromatic rings. The van der Waals surface area contributed by atoms with E-state index >= 15 is 0 Å². The first-order valence-corrected chi connectivity index (χ1v) is 12.3. The number of aromatic nitrogens is 2. The van der Waals surface area contributed by atoms with Gasteiger partial charge in [0.25, 0.3) is 0 Å². The zero-order valence-corrected chi connectivity index (χ0v) is 18.6. The molecule has 0 saturated carbocycles. The van der Waals surface area contributed by atoms with E-state index in [2.05, 4.69) is 4.98 Å². The van der Waals surface area contributed by atoms with Gasteiger partial charge in [0, 0.05) is 12.3 Å². The van der Waals surface area contributed by atoms with E-state index in [9.17, 15) is 13.5 Å². The minimum atomic E-state index is -3.79. The van der Waals surface area contributed by atoms with Crippen LogP contribution in [0, 0.1) is 0 Å². The molecule has 31 heavy (non-hydrogen) atoms. The summed E-state index contributed by atoms with van der Waals surface area (Å²) in [5.41, 5.74) is 1.37. The van der Waals surface area contributed by atoms with Gasteiger partial charge in [0.05, 0.1) is 22.0 Å². The Balaban J connectivity index is 1.42. The molecule has 0 radical (unpaired) electrons. The van der Waals surface area contributed by atoms with Crippen molar-refractivity contribution in [2.45, 2.75) is 29.6 Å². The van der Waals surface area contributed by atoms with E-state index in [1.54, 1.807) is 6.07 Å². The van der Waals surface area contributed by atoms with Gasteiger partial charge in [-0.25, -0.2) is 18.5 Å². The Hall–Kier alpha value is -2.59. The summed E-state index contributed by atoms with van der Waals surface area (Å²) in [7, 11) is -3.79. The van der Waals surface area contributed by atoms with Crippen molar-refractivity contribution in [3.63, 3.8) is 0 Å². The maximum absolute atomic E-state index is 11.6. The molecule has 4 rings (SSSR count). The van der Waals surface area contributed by atoms with Crippen LogP contribution < -0.4 is 9.88 Å². The van der Waals surface area contributed by atoms with Crippen LogP contribution in [0.2, 0.25) is 0 Å². The van der Waals surface area contributed by atoms with Crippen molar-refractivity contribution in [1.82, 2.24) is 9.55 Å². The molecule has 0 aliphatic rings. The maximum atomic E-state index is 11.6. The Morgan fingerprint density at radius 1 is 1.13 bits per heavy atom. The lowest BCUT2D eigenvalue weighted by atomic mass is 10.1. The van der Waals surface area contributed by atoms with Crippen molar-refractivity contribution in [1.29, 1.82) is 0 Å². The lowest BCUT2D eigenvalue weighted by molar-refractivity contribution is 0.126. The second kappa shape index (κ2) is 8.88. The number of aliphatic hydroxyl groups is 1. The van der Waals surface area contributed by atoms with Gasteiger partial charge in [0.15, 0.2) is 5.16 Å². The van der Waals surface area contributed by atoms with Crippen molar-refractivity contribution in [3.05, 3.63) is 60.7 Å². The van der Waals surface area contributed by atoms with Gasteiger partial charge in [0.2, 0.25) is 10.0 Å². The molecule has 3 aromatic carbocycles. The number of rotatable bonds is 8. The molecule has 1 heterocycles. The van der Waals surface area contributed by atoms with Crippen LogP contribution in [0.25, 0.3) is 21.8 Å². The summed E-state index contributed by atoms with van der Waals surface area (Å²) in [5.74, 6) is 1.10. The number of aliphatic hydroxyl groups excluding tert-OH is 1. The Morgan fingerprint density at radius 3 is 2.65 bits per heavy atom. The molecule has 0 aliphatic carbocycles. The molecule has 1 unspecified atom stereocenters. The second-order valence-corrected chi connectivity index (χ2v) is 9.67. The summed E-state index contributed by atoms with van der Waals surface area (Å²) in [6.07, 6.45) is -0.693. The smallest absolute Gasteiger partial charge is 0.238 e. The Labute approximate surface area is 184 Å². The number of hydrogen-bond acceptors (Lipinski definition) is 6. The maximum Gasteiger partial charge on any atom is 0.238 e. The van der Waals surface area contributed by atoms with E-state index in [0.717, 1.165) is 16.3 Å². The number of thioether (sulfide) groups is 1. The Morgan fingerprint density at radius 2 is 1.90 bits per heavy atom. The topological polar surface area (TPSA) is 107 Å². The van der Waals surface area contributed by atoms with Crippen LogP contribution in [-0.2, 0) is 16.6 Å². The van der Waals surface area contributed by atoms with Gasteiger partial charge >= 0.3 is 0 Å². The van der Waals surface area contributed by atoms with E-state index in [-0.39, 0.29) is 11.5 Å². The number of fused-ring (bicyclic) bond motifs is 2. The highest BCUT2D eigenvalue weighted by atomic mass is 32.2. The van der Waals surface area contributed by atoms with Gasteiger partial charge in [-0.15, -0.1) is 0 Å². The molecule has 162 valence electrons. The normalized spacial score (nSPS) is 13.0. The van der Waals surface area contributed by atoms with E-state index in [0.29, 0.717) is 28.7 Å². The number of primary sulfonamides is 1. The van der Waals surface area contributed by atoms with Crippen LogP contribution in [0.1, 0.15) is 6.92 Å². The summed E-state index contributed by atoms with van der Waals surface area (Å²) in [4.78, 5) is 4.56. The fourth-order valence-electron chi connectivity index (χ4n) is 3.35. The van der Waals surface area contributed by atoms with Crippen LogP contribution in [0.5, 0.6) is 5.75 Å². The third kappa shape index (κ3) is 4.85. The second-order valence-electron chi connectivity index (χ2n) is 7.12. The van der Waals surface area contributed by atoms with Crippen LogP contribution in [0.15, 0.2) is 70.7 Å². The third-order valence-corrected chi connectivity index (χ3v) is 6.93. The molecule has 0 aliphatic heterocycles. The average molecular weight is 458 g/mol. The number of hydrogen-bond donors (Lipinski definition) is 2. The molecule has 7 nitrogen and oxygen atoms in total. The van der Waals surface area contributed by atoms with Gasteiger partial charge in [-0.2, -0.15) is 0 Å². The fraction of sp³-hybridized carbons (Fsp3) is 0.227. The third-order valence-electron chi connectivity index (χ3n) is 4.90. The summed E-state index contributed by atoms with van der Waals surface area (Å²) >= 11 is 1.40. The highest BCUT2D eigenvalue weighted by Gasteiger charge is 2.16. The van der Waals surface area contributed by atoms with Crippen molar-refractivity contribution in [2.24, 2.45) is 5.14 Å². The Kier molecular flexibility index (Phi) is 6.19. The van der Waals surface area contributed by atoms with Crippen molar-refractivity contribution >= 4 is 43.6 Å². The highest BCUT2D eigenvalue weighted by Crippen LogP contribution is 2.27. The number of sulfonamides is 1. The van der Waals surface area contributed by atoms with Gasteiger partial charge in [-0.05, 0) is 48.0 Å². The SMILES string of the molecule is CCn1c(SCC(O)COc2ccc3ccccc3c2)nc2cc(S(N)(=O)=O)ccc21. The lowest BCUT2D eigenvalue weighted by Gasteiger charge is -2.13. The zero-order valence-electron chi connectivity index (χ0n) is 16.9. The van der Waals surface area contributed by atoms with Crippen molar-refractivity contribution in [3.8, 4) is 5.75 Å². The predicted octanol–water partition coefficient (Wildman–Crippen LogP) is 3.39. The minimum absolute atomic E-state index is 0.0288. The van der Waals surface area contributed by atoms with E-state index in [1.807, 2.05) is 54.0 Å². The minimum Gasteiger partial charge on any atom is -0.491 e. The molecule has 0 amide bonds. The number of nitrogens with two attached hydrogens (primary N) is 1. The summed E-state index contributed by atoms with van der Waals surface area (Å²) in [6, 6.07) is 18.5. The first-order valence-electron chi connectivity index (χ1n) is 9.80. The molecular formula is C22H23N3O4S2. The molecule has 0 spiro atoms. The van der Waals surface area contributed by atoms with Crippen LogP contribution in [-0.4, -0.2) is 41.5 Å². The van der Waals surface area contributed by atoms with Crippen LogP contribution in [0.3, 0.4) is 0 Å². The number of aryl methyl sites for hydroxylation is 1. The standard InChI is InChI=1S/C22H23N3O4S2/c1-2-25-21-10-9-19(31(23,27)28)12-20(21)24-22(25)30-14-17(26)13-29-18-8-7-15-5-3-4-6-16(15)11-18/h3-12,17,26H,2,13-14H2,1H3,(H2,23,27,28). The number of ether oxygens (including phenoxy) is 1. The first kappa shape index (κ1) is 21.6. The summed E-state index contributed by atoms with van der Waals surface area (Å²) < 4.78 is 30.9. The number of imidazole rings is 1. The molecular weight excluding hydrogens is 434 g/mol. The largest absolute Gasteiger partial charge is 0.491 e. The van der Waals surface area contributed by atoms with Gasteiger partial charge in [0.1, 0.15) is 12.4 Å². The molecule has 1 aromatic heterocycles. The number of benzene rings is 3. The van der Waals surface area contributed by atoms with Crippen molar-refractivity contribution < 1.29 is 18.3 Å². The van der Waals surface area contributed by atoms with Crippen LogP contribution >= 0.6 is 11.8 Å². The molecule has 0 bridgehead atoms. The monoisotopic (exact) mass is 457 g/mol. The first-order chi connectivity index (χ1) is 14.8. The van der Waals surface area contributed by atoms with Gasteiger partial charge in [-0.3, -0.25) is 0 Å². The van der Waals surface area contributed by atoms with Crippen LogP contribution in [0.4, 0.5) is 0 Å². The lowest BCUT2D eigenvalue weighted by Crippen LogP contribution is -2.20. The predicted molar refractivity (Wildman–Crippen MR) is 123 cm³/mol.